The lowest BCUT2D eigenvalue weighted by atomic mass is 9.96. The van der Waals surface area contributed by atoms with Crippen molar-refractivity contribution in [3.05, 3.63) is 0 Å². The van der Waals surface area contributed by atoms with E-state index < -0.39 is 0 Å². The Balaban J connectivity index is 0.00000220. The number of hydrogen-bond acceptors (Lipinski definition) is 3. The van der Waals surface area contributed by atoms with Crippen LogP contribution in [-0.2, 0) is 4.74 Å². The standard InChI is InChI=1S/C15H30N4O.HI/c1-4-16-15(17-9-10-19(5-2)6-3)18-13-11-12-7-8-14(13)20-12;/h12-14H,4-11H2,1-3H3,(H2,16,17,18);1H. The predicted molar refractivity (Wildman–Crippen MR) is 98.6 cm³/mol. The van der Waals surface area contributed by atoms with Crippen LogP contribution in [0.25, 0.3) is 0 Å². The second-order valence-corrected chi connectivity index (χ2v) is 5.65. The highest BCUT2D eigenvalue weighted by Gasteiger charge is 2.41. The summed E-state index contributed by atoms with van der Waals surface area (Å²) in [5.74, 6) is 0.945. The molecule has 124 valence electrons. The van der Waals surface area contributed by atoms with E-state index in [9.17, 15) is 0 Å². The molecule has 0 radical (unpaired) electrons. The molecule has 3 unspecified atom stereocenters. The molecule has 3 atom stereocenters. The van der Waals surface area contributed by atoms with Crippen LogP contribution in [-0.4, -0.2) is 61.8 Å². The van der Waals surface area contributed by atoms with Crippen molar-refractivity contribution in [2.24, 2.45) is 4.99 Å². The molecule has 5 nitrogen and oxygen atoms in total. The van der Waals surface area contributed by atoms with Gasteiger partial charge in [-0.15, -0.1) is 24.0 Å². The molecule has 2 bridgehead atoms. The number of nitrogens with zero attached hydrogens (tertiary/aromatic N) is 2. The number of fused-ring (bicyclic) bond motifs is 2. The number of halogens is 1. The molecule has 0 spiro atoms. The summed E-state index contributed by atoms with van der Waals surface area (Å²) in [5.41, 5.74) is 0. The minimum atomic E-state index is 0. The molecule has 0 aliphatic carbocycles. The van der Waals surface area contributed by atoms with Crippen LogP contribution < -0.4 is 10.6 Å². The maximum atomic E-state index is 5.89. The first-order chi connectivity index (χ1) is 9.76. The second-order valence-electron chi connectivity index (χ2n) is 5.65. The number of guanidine groups is 1. The van der Waals surface area contributed by atoms with Gasteiger partial charge in [-0.1, -0.05) is 13.8 Å². The lowest BCUT2D eigenvalue weighted by molar-refractivity contribution is 0.0992. The maximum absolute atomic E-state index is 5.89. The molecule has 2 rings (SSSR count). The van der Waals surface area contributed by atoms with Crippen LogP contribution in [0.5, 0.6) is 0 Å². The summed E-state index contributed by atoms with van der Waals surface area (Å²) in [6.07, 6.45) is 4.44. The van der Waals surface area contributed by atoms with Gasteiger partial charge in [-0.25, -0.2) is 0 Å². The third-order valence-corrected chi connectivity index (χ3v) is 4.35. The third kappa shape index (κ3) is 5.56. The molecule has 2 aliphatic rings. The van der Waals surface area contributed by atoms with E-state index >= 15 is 0 Å². The van der Waals surface area contributed by atoms with Crippen molar-refractivity contribution in [1.29, 1.82) is 0 Å². The lowest BCUT2D eigenvalue weighted by Gasteiger charge is -2.23. The molecule has 0 aromatic heterocycles. The summed E-state index contributed by atoms with van der Waals surface area (Å²) >= 11 is 0. The first-order valence-corrected chi connectivity index (χ1v) is 8.19. The molecule has 0 saturated carbocycles. The van der Waals surface area contributed by atoms with Crippen LogP contribution in [0.2, 0.25) is 0 Å². The summed E-state index contributed by atoms with van der Waals surface area (Å²) in [7, 11) is 0. The zero-order valence-corrected chi connectivity index (χ0v) is 15.9. The molecule has 0 aromatic carbocycles. The molecule has 2 N–H and O–H groups in total. The molecule has 2 aliphatic heterocycles. The Bertz CT molecular complexity index is 323. The van der Waals surface area contributed by atoms with Gasteiger partial charge in [0, 0.05) is 13.1 Å². The Kier molecular flexibility index (Phi) is 8.89. The van der Waals surface area contributed by atoms with Gasteiger partial charge in [0.1, 0.15) is 0 Å². The van der Waals surface area contributed by atoms with Crippen molar-refractivity contribution in [2.75, 3.05) is 32.7 Å². The van der Waals surface area contributed by atoms with Gasteiger partial charge >= 0.3 is 0 Å². The van der Waals surface area contributed by atoms with E-state index in [1.165, 1.54) is 12.8 Å². The quantitative estimate of drug-likeness (QED) is 0.382. The Morgan fingerprint density at radius 3 is 2.52 bits per heavy atom. The minimum Gasteiger partial charge on any atom is -0.373 e. The topological polar surface area (TPSA) is 48.9 Å². The SMILES string of the molecule is CCNC(=NCCN(CC)CC)NC1CC2CCC1O2.I. The van der Waals surface area contributed by atoms with Gasteiger partial charge < -0.3 is 20.3 Å². The summed E-state index contributed by atoms with van der Waals surface area (Å²) in [6, 6.07) is 0.444. The summed E-state index contributed by atoms with van der Waals surface area (Å²) in [4.78, 5) is 7.09. The normalized spacial score (nSPS) is 27.8. The summed E-state index contributed by atoms with van der Waals surface area (Å²) in [6.45, 7) is 11.5. The van der Waals surface area contributed by atoms with Crippen molar-refractivity contribution < 1.29 is 4.74 Å². The Labute approximate surface area is 146 Å². The summed E-state index contributed by atoms with van der Waals surface area (Å²) < 4.78 is 5.89. The number of rotatable bonds is 7. The fraction of sp³-hybridized carbons (Fsp3) is 0.933. The van der Waals surface area contributed by atoms with Crippen molar-refractivity contribution in [3.63, 3.8) is 0 Å². The minimum absolute atomic E-state index is 0. The monoisotopic (exact) mass is 410 g/mol. The highest BCUT2D eigenvalue weighted by Crippen LogP contribution is 2.34. The van der Waals surface area contributed by atoms with Crippen LogP contribution in [0.15, 0.2) is 4.99 Å². The fourth-order valence-corrected chi connectivity index (χ4v) is 3.13. The highest BCUT2D eigenvalue weighted by molar-refractivity contribution is 14.0. The zero-order chi connectivity index (χ0) is 14.4. The maximum Gasteiger partial charge on any atom is 0.191 e. The number of nitrogens with one attached hydrogen (secondary N) is 2. The average molecular weight is 410 g/mol. The number of ether oxygens (including phenoxy) is 1. The Morgan fingerprint density at radius 2 is 2.00 bits per heavy atom. The van der Waals surface area contributed by atoms with E-state index in [1.54, 1.807) is 0 Å². The first-order valence-electron chi connectivity index (χ1n) is 8.19. The van der Waals surface area contributed by atoms with E-state index in [0.717, 1.165) is 45.1 Å². The Morgan fingerprint density at radius 1 is 1.24 bits per heavy atom. The van der Waals surface area contributed by atoms with Gasteiger partial charge in [-0.3, -0.25) is 4.99 Å². The number of aliphatic imine (C=N–C) groups is 1. The van der Waals surface area contributed by atoms with E-state index in [2.05, 4.69) is 36.3 Å². The molecular formula is C15H31IN4O. The van der Waals surface area contributed by atoms with Crippen LogP contribution in [0.4, 0.5) is 0 Å². The molecule has 0 amide bonds. The molecule has 6 heteroatoms. The lowest BCUT2D eigenvalue weighted by Crippen LogP contribution is -2.47. The van der Waals surface area contributed by atoms with Gasteiger partial charge in [0.05, 0.1) is 24.8 Å². The fourth-order valence-electron chi connectivity index (χ4n) is 3.13. The average Bonchev–Trinajstić information content (AvgIpc) is 3.06. The first kappa shape index (κ1) is 19.0. The van der Waals surface area contributed by atoms with E-state index in [0.29, 0.717) is 18.2 Å². The Hall–Kier alpha value is -0.0800. The van der Waals surface area contributed by atoms with Crippen molar-refractivity contribution >= 4 is 29.9 Å². The molecule has 0 aromatic rings. The van der Waals surface area contributed by atoms with E-state index in [-0.39, 0.29) is 24.0 Å². The van der Waals surface area contributed by atoms with Gasteiger partial charge in [-0.05, 0) is 39.3 Å². The second kappa shape index (κ2) is 9.84. The van der Waals surface area contributed by atoms with Crippen LogP contribution >= 0.6 is 24.0 Å². The number of hydrogen-bond donors (Lipinski definition) is 2. The van der Waals surface area contributed by atoms with E-state index in [4.69, 9.17) is 9.73 Å². The smallest absolute Gasteiger partial charge is 0.191 e. The predicted octanol–water partition coefficient (Wildman–Crippen LogP) is 1.82. The van der Waals surface area contributed by atoms with Crippen molar-refractivity contribution in [3.8, 4) is 0 Å². The zero-order valence-electron chi connectivity index (χ0n) is 13.6. The summed E-state index contributed by atoms with van der Waals surface area (Å²) in [5, 5.41) is 6.90. The molecule has 21 heavy (non-hydrogen) atoms. The van der Waals surface area contributed by atoms with Crippen molar-refractivity contribution in [2.45, 2.75) is 58.3 Å². The molecule has 2 saturated heterocycles. The number of likely N-dealkylation sites (N-methyl/N-ethyl adjacent to an activating group) is 1. The van der Waals surface area contributed by atoms with Crippen LogP contribution in [0.3, 0.4) is 0 Å². The largest absolute Gasteiger partial charge is 0.373 e. The van der Waals surface area contributed by atoms with E-state index in [1.807, 2.05) is 0 Å². The van der Waals surface area contributed by atoms with Gasteiger partial charge in [0.15, 0.2) is 5.96 Å². The van der Waals surface area contributed by atoms with Gasteiger partial charge in [0.25, 0.3) is 0 Å². The van der Waals surface area contributed by atoms with Crippen molar-refractivity contribution in [1.82, 2.24) is 15.5 Å². The van der Waals surface area contributed by atoms with Crippen LogP contribution in [0.1, 0.15) is 40.0 Å². The highest BCUT2D eigenvalue weighted by atomic mass is 127. The molecule has 2 heterocycles. The molecular weight excluding hydrogens is 379 g/mol. The van der Waals surface area contributed by atoms with Gasteiger partial charge in [0.2, 0.25) is 0 Å². The molecule has 2 fully saturated rings. The van der Waals surface area contributed by atoms with Crippen LogP contribution in [0, 0.1) is 0 Å². The van der Waals surface area contributed by atoms with Gasteiger partial charge in [-0.2, -0.15) is 0 Å². The third-order valence-electron chi connectivity index (χ3n) is 4.35.